The summed E-state index contributed by atoms with van der Waals surface area (Å²) in [6, 6.07) is 27.7. The Bertz CT molecular complexity index is 2620. The Morgan fingerprint density at radius 1 is 0.754 bits per heavy atom. The SMILES string of the molecule is CCC(CC)C(=O)/C=C(\O)C(CC)CC(F)(F)F.[2H]c1nc(-c2[c-]c(C)cc(C)c2)c2ccc(C)cc2c1[2H].[2H]c1nc(-c2[c-]c(C)cc(C)c2)c2ccc(C3CCCC3)cc2c1[2H].[Ir]. The fourth-order valence-corrected chi connectivity index (χ4v) is 8.03. The molecule has 325 valence electrons. The van der Waals surface area contributed by atoms with E-state index < -0.39 is 24.3 Å². The molecule has 1 aliphatic carbocycles. The van der Waals surface area contributed by atoms with Gasteiger partial charge in [0.2, 0.25) is 0 Å². The van der Waals surface area contributed by atoms with Crippen molar-refractivity contribution in [2.45, 2.75) is 119 Å². The van der Waals surface area contributed by atoms with Crippen molar-refractivity contribution in [1.29, 1.82) is 0 Å². The zero-order valence-corrected chi connectivity index (χ0v) is 38.9. The van der Waals surface area contributed by atoms with Crippen LogP contribution in [0.2, 0.25) is 0 Å². The van der Waals surface area contributed by atoms with Gasteiger partial charge in [-0.3, -0.25) is 4.79 Å². The van der Waals surface area contributed by atoms with Crippen LogP contribution in [-0.4, -0.2) is 27.0 Å². The Morgan fingerprint density at radius 2 is 1.25 bits per heavy atom. The second kappa shape index (κ2) is 22.4. The minimum absolute atomic E-state index is 0. The molecule has 7 rings (SSSR count). The molecule has 1 N–H and O–H groups in total. The van der Waals surface area contributed by atoms with Gasteiger partial charge in [0.1, 0.15) is 0 Å². The van der Waals surface area contributed by atoms with Crippen LogP contribution in [0.5, 0.6) is 0 Å². The molecule has 0 aliphatic heterocycles. The van der Waals surface area contributed by atoms with Crippen LogP contribution in [0, 0.1) is 58.6 Å². The predicted octanol–water partition coefficient (Wildman–Crippen LogP) is 15.0. The van der Waals surface area contributed by atoms with Gasteiger partial charge in [-0.25, -0.2) is 0 Å². The molecule has 2 aromatic heterocycles. The maximum Gasteiger partial charge on any atom is 0.389 e. The molecule has 8 heteroatoms. The molecule has 0 amide bonds. The average Bonchev–Trinajstić information content (AvgIpc) is 3.78. The summed E-state index contributed by atoms with van der Waals surface area (Å²) < 4.78 is 69.3. The third-order valence-corrected chi connectivity index (χ3v) is 11.1. The molecule has 61 heavy (non-hydrogen) atoms. The molecule has 1 fully saturated rings. The summed E-state index contributed by atoms with van der Waals surface area (Å²) in [7, 11) is 0. The first-order valence-corrected chi connectivity index (χ1v) is 21.0. The third kappa shape index (κ3) is 13.7. The van der Waals surface area contributed by atoms with Crippen molar-refractivity contribution >= 4 is 27.3 Å². The Hall–Kier alpha value is -4.65. The first-order chi connectivity index (χ1) is 30.2. The third-order valence-electron chi connectivity index (χ3n) is 11.1. The minimum atomic E-state index is -4.33. The number of nitrogens with zero attached hydrogens (tertiary/aromatic N) is 2. The van der Waals surface area contributed by atoms with E-state index in [0.717, 1.165) is 78.0 Å². The summed E-state index contributed by atoms with van der Waals surface area (Å²) in [5, 5.41) is 13.1. The van der Waals surface area contributed by atoms with E-state index in [-0.39, 0.29) is 62.7 Å². The van der Waals surface area contributed by atoms with Crippen LogP contribution < -0.4 is 0 Å². The fraction of sp³-hybridized carbons (Fsp3) is 0.377. The summed E-state index contributed by atoms with van der Waals surface area (Å²) in [6.07, 6.45) is 2.03. The fourth-order valence-electron chi connectivity index (χ4n) is 8.03. The molecular formula is C53H59F3IrN2O2-2. The van der Waals surface area contributed by atoms with Crippen molar-refractivity contribution in [1.82, 2.24) is 9.97 Å². The molecular weight excluding hydrogens is 946 g/mol. The summed E-state index contributed by atoms with van der Waals surface area (Å²) in [5.41, 5.74) is 10.1. The Labute approximate surface area is 380 Å². The van der Waals surface area contributed by atoms with E-state index in [1.165, 1.54) is 31.2 Å². The average molecular weight is 1010 g/mol. The van der Waals surface area contributed by atoms with Crippen molar-refractivity contribution in [3.8, 4) is 22.5 Å². The zero-order valence-electron chi connectivity index (χ0n) is 40.5. The number of benzene rings is 4. The van der Waals surface area contributed by atoms with Crippen molar-refractivity contribution in [3.63, 3.8) is 0 Å². The van der Waals surface area contributed by atoms with Crippen LogP contribution in [0.25, 0.3) is 44.1 Å². The maximum atomic E-state index is 12.3. The van der Waals surface area contributed by atoms with Gasteiger partial charge >= 0.3 is 6.18 Å². The molecule has 1 aliphatic rings. The van der Waals surface area contributed by atoms with Crippen LogP contribution in [-0.2, 0) is 24.9 Å². The van der Waals surface area contributed by atoms with E-state index in [4.69, 9.17) is 5.48 Å². The Morgan fingerprint density at radius 3 is 1.72 bits per heavy atom. The number of carbonyl (C=O) groups excluding carboxylic acids is 1. The van der Waals surface area contributed by atoms with E-state index in [9.17, 15) is 23.1 Å². The van der Waals surface area contributed by atoms with E-state index in [1.54, 1.807) is 6.92 Å². The van der Waals surface area contributed by atoms with E-state index in [1.807, 2.05) is 65.8 Å². The van der Waals surface area contributed by atoms with Crippen molar-refractivity contribution < 1.29 is 48.7 Å². The molecule has 1 unspecified atom stereocenters. The molecule has 1 saturated carbocycles. The first-order valence-electron chi connectivity index (χ1n) is 23.0. The number of hydrogen-bond acceptors (Lipinski definition) is 4. The molecule has 2 heterocycles. The number of fused-ring (bicyclic) bond motifs is 2. The monoisotopic (exact) mass is 1010 g/mol. The number of halogens is 3. The molecule has 6 aromatic rings. The number of allylic oxidation sites excluding steroid dienone is 2. The standard InChI is InChI=1S/C22H22N.C18H16N.C13H21F3O2.Ir/c1-15-11-16(2)13-20(12-15)22-21-8-7-18(17-5-3-4-6-17)14-19(21)9-10-23-22;1-12-4-5-17-15(9-12)6-7-19-18(17)16-10-13(2)8-14(3)11-16;1-4-9(5-2)11(17)7-12(18)10(6-3)8-13(14,15)16;/h7-12,14,17H,3-6H2,1-2H3;4-10H,1-3H3;7,9-10,18H,4-6,8H2,1-3H3;/q2*-1;;/b;;12-7-;/i9D,10D;6D,7D;;. The number of carbonyl (C=O) groups is 1. The Kier molecular flexibility index (Phi) is 15.8. The first kappa shape index (κ1) is 43.0. The second-order valence-corrected chi connectivity index (χ2v) is 16.1. The summed E-state index contributed by atoms with van der Waals surface area (Å²) in [5.74, 6) is -1.40. The van der Waals surface area contributed by atoms with Crippen LogP contribution in [0.15, 0.2) is 96.9 Å². The molecule has 0 saturated heterocycles. The van der Waals surface area contributed by atoms with Gasteiger partial charge in [-0.1, -0.05) is 103 Å². The van der Waals surface area contributed by atoms with Gasteiger partial charge in [-0.05, 0) is 95.5 Å². The van der Waals surface area contributed by atoms with Crippen molar-refractivity contribution in [2.24, 2.45) is 11.8 Å². The number of hydrogen-bond donors (Lipinski definition) is 1. The summed E-state index contributed by atoms with van der Waals surface area (Å²) >= 11 is 0. The zero-order chi connectivity index (χ0) is 47.0. The Balaban J connectivity index is 0.000000215. The van der Waals surface area contributed by atoms with Gasteiger partial charge in [0.25, 0.3) is 0 Å². The predicted molar refractivity (Wildman–Crippen MR) is 241 cm³/mol. The van der Waals surface area contributed by atoms with Gasteiger partial charge in [0, 0.05) is 50.4 Å². The number of aliphatic hydroxyl groups is 1. The number of rotatable bonds is 10. The smallest absolute Gasteiger partial charge is 0.389 e. The molecule has 1 radical (unpaired) electrons. The summed E-state index contributed by atoms with van der Waals surface area (Å²) in [4.78, 5) is 20.4. The van der Waals surface area contributed by atoms with Gasteiger partial charge in [-0.15, -0.1) is 69.8 Å². The normalized spacial score (nSPS) is 14.5. The van der Waals surface area contributed by atoms with Gasteiger partial charge in [0.05, 0.1) is 17.7 Å². The van der Waals surface area contributed by atoms with Crippen molar-refractivity contribution in [2.75, 3.05) is 0 Å². The number of pyridine rings is 2. The van der Waals surface area contributed by atoms with Crippen LogP contribution in [0.3, 0.4) is 0 Å². The number of aliphatic hydroxyl groups excluding tert-OH is 1. The number of alkyl halides is 3. The topological polar surface area (TPSA) is 63.1 Å². The maximum absolute atomic E-state index is 12.3. The number of ketones is 1. The van der Waals surface area contributed by atoms with Gasteiger partial charge in [-0.2, -0.15) is 13.2 Å². The number of aromatic nitrogens is 2. The van der Waals surface area contributed by atoms with E-state index in [2.05, 4.69) is 65.4 Å². The summed E-state index contributed by atoms with van der Waals surface area (Å²) in [6.45, 7) is 15.4. The van der Waals surface area contributed by atoms with E-state index in [0.29, 0.717) is 18.8 Å². The molecule has 0 spiro atoms. The molecule has 4 nitrogen and oxygen atoms in total. The van der Waals surface area contributed by atoms with Crippen LogP contribution in [0.4, 0.5) is 13.2 Å². The van der Waals surface area contributed by atoms with E-state index >= 15 is 0 Å². The van der Waals surface area contributed by atoms with Gasteiger partial charge < -0.3 is 15.1 Å². The van der Waals surface area contributed by atoms with Crippen molar-refractivity contribution in [3.05, 3.63) is 142 Å². The molecule has 0 bridgehead atoms. The largest absolute Gasteiger partial charge is 0.512 e. The quantitative estimate of drug-likeness (QED) is 0.0844. The van der Waals surface area contributed by atoms with Crippen LogP contribution >= 0.6 is 0 Å². The minimum Gasteiger partial charge on any atom is -0.512 e. The van der Waals surface area contributed by atoms with Crippen LogP contribution in [0.1, 0.15) is 117 Å². The second-order valence-electron chi connectivity index (χ2n) is 16.1. The molecule has 4 aromatic carbocycles. The number of aryl methyl sites for hydroxylation is 5. The molecule has 1 atom stereocenters. The van der Waals surface area contributed by atoms with Gasteiger partial charge in [0.15, 0.2) is 5.78 Å².